The summed E-state index contributed by atoms with van der Waals surface area (Å²) >= 11 is 10.5. The maximum absolute atomic E-state index is 10.8. The van der Waals surface area contributed by atoms with Crippen molar-refractivity contribution in [3.63, 3.8) is 0 Å². The molecule has 0 N–H and O–H groups in total. The van der Waals surface area contributed by atoms with Gasteiger partial charge < -0.3 is 5.11 Å². The Morgan fingerprint density at radius 3 is 1.90 bits per heavy atom. The molecule has 0 bridgehead atoms. The van der Waals surface area contributed by atoms with Crippen molar-refractivity contribution in [3.05, 3.63) is 35.9 Å². The van der Waals surface area contributed by atoms with Crippen molar-refractivity contribution in [1.82, 2.24) is 0 Å². The van der Waals surface area contributed by atoms with Crippen LogP contribution < -0.4 is 5.11 Å². The zero-order chi connectivity index (χ0) is 7.61. The van der Waals surface area contributed by atoms with E-state index >= 15 is 0 Å². The SMILES string of the molecule is [O-]C(Cl)(Cl)c1ccccc1. The normalized spacial score (nSPS) is 11.5. The lowest BCUT2D eigenvalue weighted by Gasteiger charge is -2.25. The number of hydrogen-bond donors (Lipinski definition) is 0. The Labute approximate surface area is 69.2 Å². The fraction of sp³-hybridized carbons (Fsp3) is 0.143. The topological polar surface area (TPSA) is 23.1 Å². The first-order chi connectivity index (χ1) is 4.61. The summed E-state index contributed by atoms with van der Waals surface area (Å²) in [5, 5.41) is 10.8. The minimum Gasteiger partial charge on any atom is -0.822 e. The number of halogens is 2. The van der Waals surface area contributed by atoms with E-state index in [1.54, 1.807) is 30.3 Å². The van der Waals surface area contributed by atoms with Gasteiger partial charge in [0.1, 0.15) is 0 Å². The largest absolute Gasteiger partial charge is 0.822 e. The molecule has 0 radical (unpaired) electrons. The van der Waals surface area contributed by atoms with Gasteiger partial charge in [-0.2, -0.15) is 0 Å². The molecule has 1 aromatic rings. The highest BCUT2D eigenvalue weighted by molar-refractivity contribution is 6.46. The highest BCUT2D eigenvalue weighted by Crippen LogP contribution is 2.25. The summed E-state index contributed by atoms with van der Waals surface area (Å²) in [5.74, 6) is 0. The average molecular weight is 176 g/mol. The molecule has 0 saturated heterocycles. The summed E-state index contributed by atoms with van der Waals surface area (Å²) in [6.45, 7) is 0. The molecule has 0 heterocycles. The van der Waals surface area contributed by atoms with Crippen LogP contribution in [0.1, 0.15) is 5.56 Å². The summed E-state index contributed by atoms with van der Waals surface area (Å²) in [7, 11) is 0. The molecule has 0 atom stereocenters. The van der Waals surface area contributed by atoms with Crippen LogP contribution in [-0.4, -0.2) is 0 Å². The van der Waals surface area contributed by atoms with Crippen LogP contribution in [0, 0.1) is 0 Å². The van der Waals surface area contributed by atoms with Gasteiger partial charge in [0, 0.05) is 0 Å². The van der Waals surface area contributed by atoms with Crippen LogP contribution >= 0.6 is 23.2 Å². The van der Waals surface area contributed by atoms with E-state index in [0.29, 0.717) is 5.56 Å². The average Bonchev–Trinajstić information content (AvgIpc) is 1.88. The molecule has 0 fully saturated rings. The van der Waals surface area contributed by atoms with E-state index < -0.39 is 4.52 Å². The van der Waals surface area contributed by atoms with Crippen LogP contribution in [-0.2, 0) is 4.52 Å². The molecule has 0 aliphatic heterocycles. The van der Waals surface area contributed by atoms with Gasteiger partial charge in [0.15, 0.2) is 0 Å². The molecule has 0 spiro atoms. The molecule has 1 aromatic carbocycles. The predicted molar refractivity (Wildman–Crippen MR) is 39.8 cm³/mol. The van der Waals surface area contributed by atoms with Gasteiger partial charge in [-0.25, -0.2) is 0 Å². The maximum Gasteiger partial charge on any atom is 0.0710 e. The molecule has 10 heavy (non-hydrogen) atoms. The van der Waals surface area contributed by atoms with E-state index in [4.69, 9.17) is 23.2 Å². The molecule has 0 aromatic heterocycles. The zero-order valence-corrected chi connectivity index (χ0v) is 6.56. The van der Waals surface area contributed by atoms with Crippen LogP contribution in [0.3, 0.4) is 0 Å². The molecule has 0 amide bonds. The predicted octanol–water partition coefficient (Wildman–Crippen LogP) is 1.63. The molecular formula is C7H5Cl2O-. The van der Waals surface area contributed by atoms with E-state index in [1.165, 1.54) is 0 Å². The van der Waals surface area contributed by atoms with Crippen molar-refractivity contribution >= 4 is 23.2 Å². The summed E-state index contributed by atoms with van der Waals surface area (Å²) in [4.78, 5) is 0. The number of benzene rings is 1. The summed E-state index contributed by atoms with van der Waals surface area (Å²) in [6, 6.07) is 8.41. The molecular weight excluding hydrogens is 171 g/mol. The zero-order valence-electron chi connectivity index (χ0n) is 5.05. The smallest absolute Gasteiger partial charge is 0.0710 e. The van der Waals surface area contributed by atoms with E-state index in [0.717, 1.165) is 0 Å². The molecule has 1 rings (SSSR count). The maximum atomic E-state index is 10.8. The summed E-state index contributed by atoms with van der Waals surface area (Å²) in [6.07, 6.45) is 0. The van der Waals surface area contributed by atoms with Crippen LogP contribution in [0.4, 0.5) is 0 Å². The van der Waals surface area contributed by atoms with Gasteiger partial charge in [-0.3, -0.25) is 0 Å². The van der Waals surface area contributed by atoms with E-state index in [-0.39, 0.29) is 0 Å². The van der Waals surface area contributed by atoms with Gasteiger partial charge in [-0.15, -0.1) is 23.2 Å². The van der Waals surface area contributed by atoms with Crippen molar-refractivity contribution in [1.29, 1.82) is 0 Å². The highest BCUT2D eigenvalue weighted by atomic mass is 35.5. The minimum atomic E-state index is -2.01. The molecule has 0 saturated carbocycles. The second-order valence-electron chi connectivity index (χ2n) is 1.88. The van der Waals surface area contributed by atoms with Crippen molar-refractivity contribution in [2.45, 2.75) is 4.52 Å². The molecule has 0 unspecified atom stereocenters. The Balaban J connectivity index is 2.97. The van der Waals surface area contributed by atoms with Crippen molar-refractivity contribution in [2.24, 2.45) is 0 Å². The minimum absolute atomic E-state index is 0.373. The highest BCUT2D eigenvalue weighted by Gasteiger charge is 2.08. The standard InChI is InChI=1S/C7H5Cl2O/c8-7(9,10)6-4-2-1-3-5-6/h1-5H/q-1. The first-order valence-electron chi connectivity index (χ1n) is 2.74. The van der Waals surface area contributed by atoms with Crippen LogP contribution in [0.5, 0.6) is 0 Å². The number of hydrogen-bond acceptors (Lipinski definition) is 1. The van der Waals surface area contributed by atoms with E-state index in [2.05, 4.69) is 0 Å². The molecule has 1 nitrogen and oxygen atoms in total. The number of rotatable bonds is 1. The fourth-order valence-electron chi connectivity index (χ4n) is 0.632. The lowest BCUT2D eigenvalue weighted by molar-refractivity contribution is -0.417. The van der Waals surface area contributed by atoms with Gasteiger partial charge in [0.25, 0.3) is 0 Å². The van der Waals surface area contributed by atoms with Gasteiger partial charge in [-0.1, -0.05) is 30.3 Å². The Morgan fingerprint density at radius 2 is 1.60 bits per heavy atom. The third-order valence-corrected chi connectivity index (χ3v) is 1.55. The van der Waals surface area contributed by atoms with Gasteiger partial charge in [0.05, 0.1) is 4.52 Å². The number of alkyl halides is 2. The Morgan fingerprint density at radius 1 is 1.10 bits per heavy atom. The van der Waals surface area contributed by atoms with Crippen LogP contribution in [0.25, 0.3) is 0 Å². The van der Waals surface area contributed by atoms with Gasteiger partial charge in [-0.05, 0) is 5.56 Å². The first kappa shape index (κ1) is 7.86. The van der Waals surface area contributed by atoms with Crippen molar-refractivity contribution < 1.29 is 5.11 Å². The summed E-state index contributed by atoms with van der Waals surface area (Å²) in [5.41, 5.74) is 0.373. The van der Waals surface area contributed by atoms with Gasteiger partial charge in [0.2, 0.25) is 0 Å². The van der Waals surface area contributed by atoms with Crippen molar-refractivity contribution in [2.75, 3.05) is 0 Å². The molecule has 0 aliphatic carbocycles. The second-order valence-corrected chi connectivity index (χ2v) is 3.14. The Hall–Kier alpha value is -0.240. The third-order valence-electron chi connectivity index (χ3n) is 1.11. The fourth-order valence-corrected chi connectivity index (χ4v) is 0.884. The van der Waals surface area contributed by atoms with Gasteiger partial charge >= 0.3 is 0 Å². The molecule has 3 heteroatoms. The quantitative estimate of drug-likeness (QED) is 0.596. The second kappa shape index (κ2) is 2.79. The third kappa shape index (κ3) is 1.87. The Bertz CT molecular complexity index is 203. The lowest BCUT2D eigenvalue weighted by Crippen LogP contribution is -2.27. The van der Waals surface area contributed by atoms with Crippen LogP contribution in [0.15, 0.2) is 30.3 Å². The first-order valence-corrected chi connectivity index (χ1v) is 3.50. The Kier molecular flexibility index (Phi) is 2.19. The van der Waals surface area contributed by atoms with E-state index in [9.17, 15) is 5.11 Å². The molecule has 0 aliphatic rings. The van der Waals surface area contributed by atoms with Crippen molar-refractivity contribution in [3.8, 4) is 0 Å². The lowest BCUT2D eigenvalue weighted by atomic mass is 10.2. The monoisotopic (exact) mass is 175 g/mol. The summed E-state index contributed by atoms with van der Waals surface area (Å²) < 4.78 is -2.01. The molecule has 54 valence electrons. The van der Waals surface area contributed by atoms with Crippen LogP contribution in [0.2, 0.25) is 0 Å². The van der Waals surface area contributed by atoms with E-state index in [1.807, 2.05) is 0 Å².